The van der Waals surface area contributed by atoms with Crippen LogP contribution in [0, 0.1) is 0 Å². The van der Waals surface area contributed by atoms with Crippen LogP contribution in [0.4, 0.5) is 0 Å². The highest BCUT2D eigenvalue weighted by atomic mass is 16.5. The van der Waals surface area contributed by atoms with Crippen molar-refractivity contribution in [2.75, 3.05) is 6.61 Å². The van der Waals surface area contributed by atoms with Gasteiger partial charge in [-0.2, -0.15) is 0 Å². The van der Waals surface area contributed by atoms with Gasteiger partial charge in [0.15, 0.2) is 0 Å². The Bertz CT molecular complexity index is 300. The maximum atomic E-state index is 10.7. The minimum atomic E-state index is -0.594. The molecular weight excluding hydrogens is 312 g/mol. The number of rotatable bonds is 19. The van der Waals surface area contributed by atoms with Gasteiger partial charge in [0.25, 0.3) is 0 Å². The van der Waals surface area contributed by atoms with Gasteiger partial charge < -0.3 is 9.84 Å². The largest absolute Gasteiger partial charge is 0.433 e. The summed E-state index contributed by atoms with van der Waals surface area (Å²) >= 11 is 0. The van der Waals surface area contributed by atoms with Crippen LogP contribution >= 0.6 is 0 Å². The first-order chi connectivity index (χ1) is 12.3. The molecule has 0 amide bonds. The Morgan fingerprint density at radius 2 is 1.12 bits per heavy atom. The Morgan fingerprint density at radius 3 is 1.52 bits per heavy atom. The van der Waals surface area contributed by atoms with Crippen molar-refractivity contribution in [3.05, 3.63) is 12.3 Å². The molecule has 0 aromatic heterocycles. The van der Waals surface area contributed by atoms with Crippen LogP contribution in [-0.4, -0.2) is 17.7 Å². The smallest absolute Gasteiger partial charge is 0.336 e. The van der Waals surface area contributed by atoms with E-state index in [0.29, 0.717) is 0 Å². The molecule has 0 radical (unpaired) electrons. The zero-order valence-electron chi connectivity index (χ0n) is 16.6. The van der Waals surface area contributed by atoms with Crippen molar-refractivity contribution in [3.63, 3.8) is 0 Å². The van der Waals surface area contributed by atoms with Gasteiger partial charge in [0.1, 0.15) is 6.61 Å². The highest BCUT2D eigenvalue weighted by Gasteiger charge is 1.95. The minimum absolute atomic E-state index is 0.552. The van der Waals surface area contributed by atoms with E-state index in [0.717, 1.165) is 12.8 Å². The Balaban J connectivity index is 3.06. The summed E-state index contributed by atoms with van der Waals surface area (Å²) in [5.41, 5.74) is 0. The molecule has 0 atom stereocenters. The number of carbonyl (C=O) groups is 1. The molecule has 0 saturated carbocycles. The van der Waals surface area contributed by atoms with Crippen molar-refractivity contribution < 1.29 is 14.6 Å². The molecule has 25 heavy (non-hydrogen) atoms. The summed E-state index contributed by atoms with van der Waals surface area (Å²) < 4.78 is 4.65. The first kappa shape index (κ1) is 24.2. The fraction of sp³-hybridized carbons (Fsp3) is 0.864. The van der Waals surface area contributed by atoms with E-state index >= 15 is 0 Å². The van der Waals surface area contributed by atoms with Crippen LogP contribution in [0.15, 0.2) is 12.3 Å². The first-order valence-corrected chi connectivity index (χ1v) is 10.8. The van der Waals surface area contributed by atoms with E-state index in [9.17, 15) is 4.79 Å². The number of hydrogen-bond acceptors (Lipinski definition) is 3. The predicted molar refractivity (Wildman–Crippen MR) is 106 cm³/mol. The van der Waals surface area contributed by atoms with Gasteiger partial charge >= 0.3 is 5.97 Å². The summed E-state index contributed by atoms with van der Waals surface area (Å²) in [6, 6.07) is 0. The van der Waals surface area contributed by atoms with Gasteiger partial charge in [-0.05, 0) is 18.9 Å². The van der Waals surface area contributed by atoms with E-state index in [1.165, 1.54) is 103 Å². The fourth-order valence-corrected chi connectivity index (χ4v) is 3.04. The average molecular weight is 355 g/mol. The van der Waals surface area contributed by atoms with Crippen molar-refractivity contribution in [2.24, 2.45) is 0 Å². The molecule has 0 aliphatic heterocycles. The zero-order chi connectivity index (χ0) is 18.4. The Kier molecular flexibility index (Phi) is 20.5. The maximum Gasteiger partial charge on any atom is 0.336 e. The number of hydrogen-bond donors (Lipinski definition) is 1. The van der Waals surface area contributed by atoms with Gasteiger partial charge in [-0.3, -0.25) is 0 Å². The van der Waals surface area contributed by atoms with Gasteiger partial charge in [-0.15, -0.1) is 0 Å². The summed E-state index contributed by atoms with van der Waals surface area (Å²) in [5, 5.41) is 8.48. The van der Waals surface area contributed by atoms with E-state index in [4.69, 9.17) is 5.11 Å². The molecule has 0 aliphatic carbocycles. The minimum Gasteiger partial charge on any atom is -0.433 e. The molecule has 3 heteroatoms. The van der Waals surface area contributed by atoms with Crippen LogP contribution in [0.25, 0.3) is 0 Å². The van der Waals surface area contributed by atoms with Crippen LogP contribution < -0.4 is 0 Å². The number of esters is 1. The van der Waals surface area contributed by atoms with Gasteiger partial charge in [0.05, 0.1) is 6.26 Å². The summed E-state index contributed by atoms with van der Waals surface area (Å²) in [5.74, 6) is -0.594. The lowest BCUT2D eigenvalue weighted by Crippen LogP contribution is -2.04. The monoisotopic (exact) mass is 354 g/mol. The third-order valence-corrected chi connectivity index (χ3v) is 4.65. The number of ether oxygens (including phenoxy) is 1. The van der Waals surface area contributed by atoms with Crippen LogP contribution in [0.5, 0.6) is 0 Å². The molecule has 148 valence electrons. The third-order valence-electron chi connectivity index (χ3n) is 4.65. The number of carbonyl (C=O) groups excluding carboxylic acids is 1. The topological polar surface area (TPSA) is 46.5 Å². The second kappa shape index (κ2) is 21.2. The normalized spacial score (nSPS) is 11.3. The van der Waals surface area contributed by atoms with Crippen molar-refractivity contribution in [3.8, 4) is 0 Å². The highest BCUT2D eigenvalue weighted by Crippen LogP contribution is 2.14. The zero-order valence-corrected chi connectivity index (χ0v) is 16.6. The molecule has 1 N–H and O–H groups in total. The maximum absolute atomic E-state index is 10.7. The van der Waals surface area contributed by atoms with Crippen LogP contribution in [0.2, 0.25) is 0 Å². The number of aliphatic hydroxyl groups is 1. The van der Waals surface area contributed by atoms with Gasteiger partial charge in [0, 0.05) is 0 Å². The molecule has 0 unspecified atom stereocenters. The van der Waals surface area contributed by atoms with Crippen LogP contribution in [0.1, 0.15) is 116 Å². The fourth-order valence-electron chi connectivity index (χ4n) is 3.04. The summed E-state index contributed by atoms with van der Waals surface area (Å²) in [7, 11) is 0. The van der Waals surface area contributed by atoms with Crippen molar-refractivity contribution in [1.29, 1.82) is 0 Å². The van der Waals surface area contributed by atoms with E-state index in [2.05, 4.69) is 11.7 Å². The second-order valence-corrected chi connectivity index (χ2v) is 7.11. The molecule has 0 fully saturated rings. The van der Waals surface area contributed by atoms with Gasteiger partial charge in [-0.25, -0.2) is 4.79 Å². The van der Waals surface area contributed by atoms with Crippen molar-refractivity contribution in [1.82, 2.24) is 0 Å². The van der Waals surface area contributed by atoms with E-state index in [1.807, 2.05) is 6.08 Å². The lowest BCUT2D eigenvalue weighted by molar-refractivity contribution is -0.141. The quantitative estimate of drug-likeness (QED) is 0.160. The van der Waals surface area contributed by atoms with E-state index < -0.39 is 12.6 Å². The lowest BCUT2D eigenvalue weighted by Gasteiger charge is -2.03. The highest BCUT2D eigenvalue weighted by molar-refractivity contribution is 5.70. The van der Waals surface area contributed by atoms with E-state index in [1.54, 1.807) is 0 Å². The van der Waals surface area contributed by atoms with Crippen LogP contribution in [-0.2, 0) is 9.53 Å². The Hall–Kier alpha value is -0.830. The van der Waals surface area contributed by atoms with Crippen molar-refractivity contribution >= 4 is 5.97 Å². The molecule has 0 aromatic rings. The Labute approximate surface area is 156 Å². The summed E-state index contributed by atoms with van der Waals surface area (Å²) in [4.78, 5) is 10.7. The molecule has 0 spiro atoms. The SMILES string of the molecule is CCCCCCCCCCCCCCCCCC/C=C/OC(=O)CO. The van der Waals surface area contributed by atoms with Gasteiger partial charge in [0.2, 0.25) is 0 Å². The molecule has 0 saturated heterocycles. The first-order valence-electron chi connectivity index (χ1n) is 10.8. The summed E-state index contributed by atoms with van der Waals surface area (Å²) in [6.45, 7) is 1.73. The van der Waals surface area contributed by atoms with Crippen molar-refractivity contribution in [2.45, 2.75) is 116 Å². The van der Waals surface area contributed by atoms with E-state index in [-0.39, 0.29) is 0 Å². The summed E-state index contributed by atoms with van der Waals surface area (Å²) in [6.07, 6.45) is 26.2. The third kappa shape index (κ3) is 21.1. The number of aliphatic hydroxyl groups excluding tert-OH is 1. The molecular formula is C22H42O3. The number of allylic oxidation sites excluding steroid dienone is 1. The standard InChI is InChI=1S/C22H42O3/c1-2-3-4-5-6-7-8-9-10-11-12-13-14-15-16-17-18-19-20-25-22(24)21-23/h19-20,23H,2-18,21H2,1H3/b20-19+. The molecule has 0 rings (SSSR count). The Morgan fingerprint density at radius 1 is 0.720 bits per heavy atom. The molecule has 0 aliphatic rings. The molecule has 0 bridgehead atoms. The molecule has 0 heterocycles. The lowest BCUT2D eigenvalue weighted by atomic mass is 10.0. The molecule has 0 aromatic carbocycles. The van der Waals surface area contributed by atoms with Crippen LogP contribution in [0.3, 0.4) is 0 Å². The predicted octanol–water partition coefficient (Wildman–Crippen LogP) is 6.69. The average Bonchev–Trinajstić information content (AvgIpc) is 2.63. The van der Waals surface area contributed by atoms with Gasteiger partial charge in [-0.1, -0.05) is 103 Å². The molecule has 3 nitrogen and oxygen atoms in total. The number of unbranched alkanes of at least 4 members (excludes halogenated alkanes) is 16. The second-order valence-electron chi connectivity index (χ2n) is 7.11.